The van der Waals surface area contributed by atoms with Crippen LogP contribution in [0.5, 0.6) is 5.75 Å². The highest BCUT2D eigenvalue weighted by Crippen LogP contribution is 2.29. The molecule has 0 fully saturated rings. The minimum atomic E-state index is -0.498. The second-order valence-electron chi connectivity index (χ2n) is 4.82. The summed E-state index contributed by atoms with van der Waals surface area (Å²) in [6.45, 7) is 4.08. The van der Waals surface area contributed by atoms with Crippen LogP contribution in [0.1, 0.15) is 26.7 Å². The lowest BCUT2D eigenvalue weighted by atomic mass is 9.90. The molecule has 0 aromatic heterocycles. The average Bonchev–Trinajstić information content (AvgIpc) is 2.36. The molecule has 0 saturated heterocycles. The van der Waals surface area contributed by atoms with Crippen molar-refractivity contribution < 1.29 is 9.66 Å². The van der Waals surface area contributed by atoms with E-state index in [-0.39, 0.29) is 5.69 Å². The van der Waals surface area contributed by atoms with Gasteiger partial charge in [-0.2, -0.15) is 5.26 Å². The maximum absolute atomic E-state index is 10.6. The lowest BCUT2D eigenvalue weighted by Gasteiger charge is -2.15. The zero-order chi connectivity index (χ0) is 14.5. The van der Waals surface area contributed by atoms with Crippen LogP contribution in [-0.4, -0.2) is 11.5 Å². The first-order valence-corrected chi connectivity index (χ1v) is 6.21. The lowest BCUT2D eigenvalue weighted by molar-refractivity contribution is -0.384. The van der Waals surface area contributed by atoms with E-state index in [1.165, 1.54) is 18.2 Å². The average molecular weight is 283 g/mol. The van der Waals surface area contributed by atoms with Gasteiger partial charge in [-0.1, -0.05) is 11.6 Å². The molecule has 1 aromatic rings. The molecular formula is C13H15ClN2O3. The van der Waals surface area contributed by atoms with Crippen molar-refractivity contribution in [3.05, 3.63) is 33.3 Å². The van der Waals surface area contributed by atoms with Gasteiger partial charge in [-0.3, -0.25) is 10.1 Å². The summed E-state index contributed by atoms with van der Waals surface area (Å²) in [5, 5.41) is 19.8. The minimum Gasteiger partial charge on any atom is -0.492 e. The fourth-order valence-corrected chi connectivity index (χ4v) is 1.64. The van der Waals surface area contributed by atoms with E-state index < -0.39 is 10.3 Å². The van der Waals surface area contributed by atoms with Gasteiger partial charge in [0.2, 0.25) is 0 Å². The van der Waals surface area contributed by atoms with Crippen molar-refractivity contribution in [2.45, 2.75) is 26.7 Å². The molecule has 0 bridgehead atoms. The van der Waals surface area contributed by atoms with E-state index in [4.69, 9.17) is 21.6 Å². The molecule has 0 atom stereocenters. The van der Waals surface area contributed by atoms with E-state index >= 15 is 0 Å². The molecule has 0 aliphatic carbocycles. The Balaban J connectivity index is 2.56. The summed E-state index contributed by atoms with van der Waals surface area (Å²) in [5.41, 5.74) is -0.452. The number of non-ortho nitro benzene ring substituents is 1. The number of hydrogen-bond acceptors (Lipinski definition) is 4. The highest BCUT2D eigenvalue weighted by atomic mass is 35.5. The van der Waals surface area contributed by atoms with E-state index in [0.29, 0.717) is 30.2 Å². The van der Waals surface area contributed by atoms with Crippen LogP contribution >= 0.6 is 11.6 Å². The Morgan fingerprint density at radius 2 is 2.21 bits per heavy atom. The van der Waals surface area contributed by atoms with E-state index in [9.17, 15) is 10.1 Å². The van der Waals surface area contributed by atoms with Gasteiger partial charge in [0.25, 0.3) is 5.69 Å². The third-order valence-electron chi connectivity index (χ3n) is 2.63. The van der Waals surface area contributed by atoms with Gasteiger partial charge in [0.15, 0.2) is 0 Å². The summed E-state index contributed by atoms with van der Waals surface area (Å²) in [7, 11) is 0. The molecule has 0 aliphatic heterocycles. The van der Waals surface area contributed by atoms with Crippen molar-refractivity contribution in [1.82, 2.24) is 0 Å². The number of hydrogen-bond donors (Lipinski definition) is 0. The van der Waals surface area contributed by atoms with Gasteiger partial charge in [-0.25, -0.2) is 0 Å². The second-order valence-corrected chi connectivity index (χ2v) is 5.23. The van der Waals surface area contributed by atoms with Crippen molar-refractivity contribution in [1.29, 1.82) is 5.26 Å². The molecule has 5 nitrogen and oxygen atoms in total. The fraction of sp³-hybridized carbons (Fsp3) is 0.462. The predicted octanol–water partition coefficient (Wildman–Crippen LogP) is 3.96. The van der Waals surface area contributed by atoms with Crippen LogP contribution in [-0.2, 0) is 0 Å². The molecule has 1 rings (SSSR count). The van der Waals surface area contributed by atoms with E-state index in [1.807, 2.05) is 13.8 Å². The summed E-state index contributed by atoms with van der Waals surface area (Å²) >= 11 is 5.90. The summed E-state index contributed by atoms with van der Waals surface area (Å²) in [4.78, 5) is 10.1. The molecule has 0 radical (unpaired) electrons. The Bertz CT molecular complexity index is 509. The normalized spacial score (nSPS) is 10.8. The SMILES string of the molecule is CC(C)(C#N)CCCOc1cc([N+](=O)[O-])ccc1Cl. The topological polar surface area (TPSA) is 76.2 Å². The Hall–Kier alpha value is -1.80. The van der Waals surface area contributed by atoms with Crippen LogP contribution < -0.4 is 4.74 Å². The second kappa shape index (κ2) is 6.39. The molecule has 0 heterocycles. The number of nitriles is 1. The number of nitro benzene ring substituents is 1. The number of nitro groups is 1. The van der Waals surface area contributed by atoms with Gasteiger partial charge in [-0.15, -0.1) is 0 Å². The number of rotatable bonds is 6. The van der Waals surface area contributed by atoms with E-state index in [1.54, 1.807) is 0 Å². The van der Waals surface area contributed by atoms with E-state index in [0.717, 1.165) is 0 Å². The van der Waals surface area contributed by atoms with Crippen LogP contribution in [0, 0.1) is 26.9 Å². The number of benzene rings is 1. The van der Waals surface area contributed by atoms with Crippen molar-refractivity contribution in [2.75, 3.05) is 6.61 Å². The molecule has 6 heteroatoms. The third kappa shape index (κ3) is 4.76. The van der Waals surface area contributed by atoms with Gasteiger partial charge >= 0.3 is 0 Å². The molecule has 102 valence electrons. The Kier molecular flexibility index (Phi) is 5.13. The molecule has 1 aromatic carbocycles. The molecule has 19 heavy (non-hydrogen) atoms. The summed E-state index contributed by atoms with van der Waals surface area (Å²) in [6.07, 6.45) is 1.37. The van der Waals surface area contributed by atoms with Crippen LogP contribution in [0.15, 0.2) is 18.2 Å². The molecule has 0 unspecified atom stereocenters. The van der Waals surface area contributed by atoms with E-state index in [2.05, 4.69) is 6.07 Å². The van der Waals surface area contributed by atoms with Gasteiger partial charge in [-0.05, 0) is 32.8 Å². The van der Waals surface area contributed by atoms with Gasteiger partial charge < -0.3 is 4.74 Å². The summed E-state index contributed by atoms with van der Waals surface area (Å²) < 4.78 is 5.42. The highest BCUT2D eigenvalue weighted by molar-refractivity contribution is 6.32. The van der Waals surface area contributed by atoms with Crippen LogP contribution in [0.25, 0.3) is 0 Å². The number of nitrogens with zero attached hydrogens (tertiary/aromatic N) is 2. The van der Waals surface area contributed by atoms with Crippen LogP contribution in [0.3, 0.4) is 0 Å². The molecule has 0 aliphatic rings. The first kappa shape index (κ1) is 15.3. The van der Waals surface area contributed by atoms with Crippen LogP contribution in [0.4, 0.5) is 5.69 Å². The summed E-state index contributed by atoms with van der Waals surface area (Å²) in [6, 6.07) is 6.27. The zero-order valence-corrected chi connectivity index (χ0v) is 11.6. The van der Waals surface area contributed by atoms with Crippen molar-refractivity contribution in [3.63, 3.8) is 0 Å². The molecule has 0 spiro atoms. The first-order valence-electron chi connectivity index (χ1n) is 5.84. The maximum Gasteiger partial charge on any atom is 0.273 e. The predicted molar refractivity (Wildman–Crippen MR) is 72.2 cm³/mol. The quantitative estimate of drug-likeness (QED) is 0.449. The highest BCUT2D eigenvalue weighted by Gasteiger charge is 2.16. The molecular weight excluding hydrogens is 268 g/mol. The van der Waals surface area contributed by atoms with Gasteiger partial charge in [0.05, 0.1) is 34.1 Å². The Morgan fingerprint density at radius 3 is 2.79 bits per heavy atom. The standard InChI is InChI=1S/C13H15ClN2O3/c1-13(2,9-15)6-3-7-19-12-8-10(16(17)18)4-5-11(12)14/h4-5,8H,3,6-7H2,1-2H3. The fourth-order valence-electron chi connectivity index (χ4n) is 1.47. The van der Waals surface area contributed by atoms with Crippen molar-refractivity contribution in [2.24, 2.45) is 5.41 Å². The van der Waals surface area contributed by atoms with Crippen molar-refractivity contribution >= 4 is 17.3 Å². The minimum absolute atomic E-state index is 0.0586. The van der Waals surface area contributed by atoms with Crippen molar-refractivity contribution in [3.8, 4) is 11.8 Å². The van der Waals surface area contributed by atoms with Gasteiger partial charge in [0, 0.05) is 6.07 Å². The zero-order valence-electron chi connectivity index (χ0n) is 10.9. The Morgan fingerprint density at radius 1 is 1.53 bits per heavy atom. The largest absolute Gasteiger partial charge is 0.492 e. The molecule has 0 saturated carbocycles. The van der Waals surface area contributed by atoms with Crippen LogP contribution in [0.2, 0.25) is 5.02 Å². The van der Waals surface area contributed by atoms with Gasteiger partial charge in [0.1, 0.15) is 5.75 Å². The number of ether oxygens (including phenoxy) is 1. The number of halogens is 1. The first-order chi connectivity index (χ1) is 8.85. The lowest BCUT2D eigenvalue weighted by Crippen LogP contribution is -2.10. The molecule has 0 amide bonds. The Labute approximate surface area is 116 Å². The smallest absolute Gasteiger partial charge is 0.273 e. The summed E-state index contributed by atoms with van der Waals surface area (Å²) in [5.74, 6) is 0.297. The monoisotopic (exact) mass is 282 g/mol. The third-order valence-corrected chi connectivity index (χ3v) is 2.94. The molecule has 0 N–H and O–H groups in total. The maximum atomic E-state index is 10.6.